The Morgan fingerprint density at radius 2 is 2.14 bits per heavy atom. The van der Waals surface area contributed by atoms with E-state index in [1.165, 1.54) is 36.0 Å². The Hall–Kier alpha value is -1.94. The van der Waals surface area contributed by atoms with Crippen LogP contribution in [0.1, 0.15) is 41.3 Å². The lowest BCUT2D eigenvalue weighted by atomic mass is 9.86. The number of ether oxygens (including phenoxy) is 1. The molecule has 0 saturated heterocycles. The van der Waals surface area contributed by atoms with Crippen molar-refractivity contribution in [3.63, 3.8) is 0 Å². The molecule has 1 aromatic heterocycles. The summed E-state index contributed by atoms with van der Waals surface area (Å²) in [5.74, 6) is 0.602. The summed E-state index contributed by atoms with van der Waals surface area (Å²) in [6.07, 6.45) is 6.94. The van der Waals surface area contributed by atoms with Crippen molar-refractivity contribution in [1.82, 2.24) is 15.3 Å². The third-order valence-electron chi connectivity index (χ3n) is 4.06. The fraction of sp³-hybridized carbons (Fsp3) is 0.412. The number of hydrogen-bond acceptors (Lipinski definition) is 4. The van der Waals surface area contributed by atoms with Crippen LogP contribution in [0.2, 0.25) is 0 Å². The smallest absolute Gasteiger partial charge is 0.236 e. The summed E-state index contributed by atoms with van der Waals surface area (Å²) in [5.41, 5.74) is 5.08. The van der Waals surface area contributed by atoms with Crippen molar-refractivity contribution in [2.75, 3.05) is 7.11 Å². The Bertz CT molecular complexity index is 627. The second-order valence-electron chi connectivity index (χ2n) is 5.54. The van der Waals surface area contributed by atoms with Crippen molar-refractivity contribution in [2.24, 2.45) is 0 Å². The van der Waals surface area contributed by atoms with Crippen LogP contribution in [0.15, 0.2) is 30.6 Å². The maximum Gasteiger partial charge on any atom is 0.236 e. The van der Waals surface area contributed by atoms with Gasteiger partial charge in [-0.25, -0.2) is 4.98 Å². The number of aromatic nitrogens is 2. The average molecular weight is 283 g/mol. The Morgan fingerprint density at radius 3 is 3.00 bits per heavy atom. The van der Waals surface area contributed by atoms with Crippen molar-refractivity contribution in [3.05, 3.63) is 53.0 Å². The van der Waals surface area contributed by atoms with Crippen molar-refractivity contribution >= 4 is 0 Å². The van der Waals surface area contributed by atoms with Gasteiger partial charge in [0.2, 0.25) is 5.88 Å². The second kappa shape index (κ2) is 6.22. The minimum Gasteiger partial charge on any atom is -0.480 e. The zero-order chi connectivity index (χ0) is 14.7. The summed E-state index contributed by atoms with van der Waals surface area (Å²) < 4.78 is 5.26. The summed E-state index contributed by atoms with van der Waals surface area (Å²) in [7, 11) is 1.63. The highest BCUT2D eigenvalue weighted by Gasteiger charge is 2.20. The predicted octanol–water partition coefficient (Wildman–Crippen LogP) is 2.96. The highest BCUT2D eigenvalue weighted by Crippen LogP contribution is 2.30. The van der Waals surface area contributed by atoms with Crippen molar-refractivity contribution < 1.29 is 4.74 Å². The van der Waals surface area contributed by atoms with E-state index in [1.54, 1.807) is 19.5 Å². The summed E-state index contributed by atoms with van der Waals surface area (Å²) in [6.45, 7) is 2.83. The monoisotopic (exact) mass is 283 g/mol. The van der Waals surface area contributed by atoms with Gasteiger partial charge in [0.15, 0.2) is 0 Å². The number of nitrogens with zero attached hydrogens (tertiary/aromatic N) is 2. The molecule has 0 amide bonds. The number of aryl methyl sites for hydroxylation is 2. The van der Waals surface area contributed by atoms with E-state index in [0.29, 0.717) is 18.5 Å². The zero-order valence-corrected chi connectivity index (χ0v) is 12.6. The van der Waals surface area contributed by atoms with E-state index in [2.05, 4.69) is 40.4 Å². The highest BCUT2D eigenvalue weighted by atomic mass is 16.5. The van der Waals surface area contributed by atoms with Gasteiger partial charge in [-0.2, -0.15) is 0 Å². The lowest BCUT2D eigenvalue weighted by Crippen LogP contribution is -2.25. The molecule has 0 unspecified atom stereocenters. The highest BCUT2D eigenvalue weighted by molar-refractivity contribution is 5.35. The predicted molar refractivity (Wildman–Crippen MR) is 82.3 cm³/mol. The molecule has 0 spiro atoms. The normalized spacial score (nSPS) is 17.3. The van der Waals surface area contributed by atoms with Gasteiger partial charge in [-0.05, 0) is 37.3 Å². The number of benzene rings is 1. The first-order chi connectivity index (χ1) is 10.3. The van der Waals surface area contributed by atoms with Crippen LogP contribution in [-0.4, -0.2) is 17.1 Å². The molecule has 1 aromatic carbocycles. The molecule has 1 aliphatic carbocycles. The number of nitrogens with one attached hydrogen (secondary N) is 1. The minimum absolute atomic E-state index is 0.389. The maximum atomic E-state index is 5.26. The molecule has 1 atom stereocenters. The Morgan fingerprint density at radius 1 is 1.29 bits per heavy atom. The van der Waals surface area contributed by atoms with E-state index < -0.39 is 0 Å². The third-order valence-corrected chi connectivity index (χ3v) is 4.06. The van der Waals surface area contributed by atoms with Crippen LogP contribution in [-0.2, 0) is 13.0 Å². The van der Waals surface area contributed by atoms with E-state index in [1.807, 2.05) is 0 Å². The van der Waals surface area contributed by atoms with E-state index in [9.17, 15) is 0 Å². The molecular weight excluding hydrogens is 262 g/mol. The molecule has 1 heterocycles. The first kappa shape index (κ1) is 14.0. The number of methoxy groups -OCH3 is 1. The fourth-order valence-corrected chi connectivity index (χ4v) is 3.00. The number of fused-ring (bicyclic) bond motifs is 1. The average Bonchev–Trinajstić information content (AvgIpc) is 2.53. The molecule has 0 saturated carbocycles. The van der Waals surface area contributed by atoms with Crippen molar-refractivity contribution in [2.45, 2.75) is 38.8 Å². The van der Waals surface area contributed by atoms with Gasteiger partial charge in [-0.15, -0.1) is 0 Å². The Labute approximate surface area is 125 Å². The summed E-state index contributed by atoms with van der Waals surface area (Å²) in [6, 6.07) is 7.16. The molecule has 4 nitrogen and oxygen atoms in total. The molecule has 0 fully saturated rings. The molecule has 21 heavy (non-hydrogen) atoms. The molecule has 0 radical (unpaired) electrons. The Kier molecular flexibility index (Phi) is 4.15. The topological polar surface area (TPSA) is 47.0 Å². The van der Waals surface area contributed by atoms with E-state index in [-0.39, 0.29) is 0 Å². The van der Waals surface area contributed by atoms with Gasteiger partial charge in [0.1, 0.15) is 5.69 Å². The quantitative estimate of drug-likeness (QED) is 0.937. The molecule has 0 bridgehead atoms. The van der Waals surface area contributed by atoms with Crippen LogP contribution in [0, 0.1) is 6.92 Å². The molecule has 0 aliphatic heterocycles. The van der Waals surface area contributed by atoms with Crippen LogP contribution in [0.25, 0.3) is 0 Å². The maximum absolute atomic E-state index is 5.26. The largest absolute Gasteiger partial charge is 0.480 e. The van der Waals surface area contributed by atoms with Crippen LogP contribution >= 0.6 is 0 Å². The van der Waals surface area contributed by atoms with Gasteiger partial charge in [0.25, 0.3) is 0 Å². The third kappa shape index (κ3) is 3.05. The van der Waals surface area contributed by atoms with Gasteiger partial charge < -0.3 is 10.1 Å². The molecular formula is C17H21N3O. The van der Waals surface area contributed by atoms with Crippen LogP contribution in [0.4, 0.5) is 0 Å². The van der Waals surface area contributed by atoms with Gasteiger partial charge >= 0.3 is 0 Å². The SMILES string of the molecule is COc1nccnc1CN[C@@H]1CCCc2ccc(C)cc21. The van der Waals surface area contributed by atoms with Crippen LogP contribution in [0.5, 0.6) is 5.88 Å². The van der Waals surface area contributed by atoms with Gasteiger partial charge in [-0.3, -0.25) is 4.98 Å². The molecule has 3 rings (SSSR count). The molecule has 110 valence electrons. The minimum atomic E-state index is 0.389. The number of hydrogen-bond donors (Lipinski definition) is 1. The Balaban J connectivity index is 1.76. The van der Waals surface area contributed by atoms with Crippen LogP contribution < -0.4 is 10.1 Å². The first-order valence-corrected chi connectivity index (χ1v) is 7.44. The van der Waals surface area contributed by atoms with E-state index in [0.717, 1.165) is 5.69 Å². The lowest BCUT2D eigenvalue weighted by molar-refractivity contribution is 0.381. The standard InChI is InChI=1S/C17H21N3O/c1-12-6-7-13-4-3-5-15(14(13)10-12)20-11-16-17(21-2)19-9-8-18-16/h6-10,15,20H,3-5,11H2,1-2H3/t15-/m1/s1. The van der Waals surface area contributed by atoms with E-state index >= 15 is 0 Å². The zero-order valence-electron chi connectivity index (χ0n) is 12.6. The lowest BCUT2D eigenvalue weighted by Gasteiger charge is -2.27. The molecule has 4 heteroatoms. The van der Waals surface area contributed by atoms with Crippen molar-refractivity contribution in [1.29, 1.82) is 0 Å². The van der Waals surface area contributed by atoms with E-state index in [4.69, 9.17) is 4.74 Å². The second-order valence-corrected chi connectivity index (χ2v) is 5.54. The van der Waals surface area contributed by atoms with Gasteiger partial charge in [0, 0.05) is 25.0 Å². The van der Waals surface area contributed by atoms with Crippen LogP contribution in [0.3, 0.4) is 0 Å². The fourth-order valence-electron chi connectivity index (χ4n) is 3.00. The van der Waals surface area contributed by atoms with Gasteiger partial charge in [0.05, 0.1) is 7.11 Å². The summed E-state index contributed by atoms with van der Waals surface area (Å²) >= 11 is 0. The molecule has 1 N–H and O–H groups in total. The number of rotatable bonds is 4. The molecule has 1 aliphatic rings. The summed E-state index contributed by atoms with van der Waals surface area (Å²) in [4.78, 5) is 8.55. The van der Waals surface area contributed by atoms with Gasteiger partial charge in [-0.1, -0.05) is 23.8 Å². The first-order valence-electron chi connectivity index (χ1n) is 7.44. The summed E-state index contributed by atoms with van der Waals surface area (Å²) in [5, 5.41) is 3.61. The molecule has 2 aromatic rings. The van der Waals surface area contributed by atoms with Crippen molar-refractivity contribution in [3.8, 4) is 5.88 Å².